The second-order valence-electron chi connectivity index (χ2n) is 1.77. The summed E-state index contributed by atoms with van der Waals surface area (Å²) in [6, 6.07) is 9.73. The van der Waals surface area contributed by atoms with Crippen LogP contribution in [0.3, 0.4) is 0 Å². The zero-order valence-corrected chi connectivity index (χ0v) is 6.91. The predicted molar refractivity (Wildman–Crippen MR) is 49.9 cm³/mol. The van der Waals surface area contributed by atoms with Crippen molar-refractivity contribution in [3.8, 4) is 0 Å². The van der Waals surface area contributed by atoms with Crippen LogP contribution in [0.2, 0.25) is 0 Å². The Hall–Kier alpha value is -0.380. The fourth-order valence-corrected chi connectivity index (χ4v) is 1.05. The molecule has 0 unspecified atom stereocenters. The van der Waals surface area contributed by atoms with Gasteiger partial charge in [-0.1, -0.05) is 42.5 Å². The standard InChI is InChI=1S/C7H7NS2/c8-10-7(9)6-4-2-1-3-5-6/h1-5H,8H2. The van der Waals surface area contributed by atoms with E-state index in [0.717, 1.165) is 21.7 Å². The minimum absolute atomic E-state index is 0.737. The van der Waals surface area contributed by atoms with Crippen molar-refractivity contribution in [3.05, 3.63) is 35.9 Å². The molecule has 10 heavy (non-hydrogen) atoms. The molecule has 0 aromatic heterocycles. The Balaban J connectivity index is 2.85. The van der Waals surface area contributed by atoms with Gasteiger partial charge in [-0.15, -0.1) is 0 Å². The molecule has 0 fully saturated rings. The zero-order chi connectivity index (χ0) is 7.40. The summed E-state index contributed by atoms with van der Waals surface area (Å²) in [6.07, 6.45) is 0. The SMILES string of the molecule is NSC(=S)c1ccccc1. The van der Waals surface area contributed by atoms with Crippen molar-refractivity contribution >= 4 is 28.4 Å². The first-order valence-electron chi connectivity index (χ1n) is 2.80. The van der Waals surface area contributed by atoms with E-state index < -0.39 is 0 Å². The molecule has 0 saturated carbocycles. The highest BCUT2D eigenvalue weighted by Gasteiger charge is 1.95. The van der Waals surface area contributed by atoms with Crippen LogP contribution in [-0.2, 0) is 0 Å². The number of hydrogen-bond acceptors (Lipinski definition) is 3. The topological polar surface area (TPSA) is 26.0 Å². The molecule has 0 spiro atoms. The number of hydrogen-bond donors (Lipinski definition) is 1. The van der Waals surface area contributed by atoms with Crippen molar-refractivity contribution in [2.24, 2.45) is 5.14 Å². The molecule has 0 aliphatic rings. The minimum atomic E-state index is 0.737. The summed E-state index contributed by atoms with van der Waals surface area (Å²) in [7, 11) is 0. The predicted octanol–water partition coefficient (Wildman–Crippen LogP) is 1.97. The van der Waals surface area contributed by atoms with Gasteiger partial charge in [-0.05, 0) is 11.9 Å². The molecule has 52 valence electrons. The molecule has 0 bridgehead atoms. The average molecular weight is 169 g/mol. The molecule has 0 atom stereocenters. The van der Waals surface area contributed by atoms with Gasteiger partial charge in [-0.25, -0.2) is 0 Å². The molecule has 0 radical (unpaired) electrons. The first-order valence-corrected chi connectivity index (χ1v) is 4.09. The Bertz CT molecular complexity index is 220. The summed E-state index contributed by atoms with van der Waals surface area (Å²) >= 11 is 6.07. The maximum atomic E-state index is 5.28. The molecule has 0 saturated heterocycles. The van der Waals surface area contributed by atoms with Crippen LogP contribution in [0.1, 0.15) is 5.56 Å². The molecular weight excluding hydrogens is 162 g/mol. The lowest BCUT2D eigenvalue weighted by atomic mass is 10.2. The van der Waals surface area contributed by atoms with Crippen LogP contribution >= 0.6 is 24.2 Å². The Kier molecular flexibility index (Phi) is 2.86. The molecule has 3 heteroatoms. The lowest BCUT2D eigenvalue weighted by Crippen LogP contribution is -1.94. The average Bonchev–Trinajstić information content (AvgIpc) is 2.05. The van der Waals surface area contributed by atoms with Gasteiger partial charge in [0.25, 0.3) is 0 Å². The van der Waals surface area contributed by atoms with E-state index >= 15 is 0 Å². The van der Waals surface area contributed by atoms with Crippen LogP contribution in [0.5, 0.6) is 0 Å². The van der Waals surface area contributed by atoms with E-state index in [0.29, 0.717) is 0 Å². The molecule has 0 aliphatic carbocycles. The number of nitrogens with two attached hydrogens (primary N) is 1. The van der Waals surface area contributed by atoms with Crippen LogP contribution < -0.4 is 5.14 Å². The van der Waals surface area contributed by atoms with Crippen molar-refractivity contribution < 1.29 is 0 Å². The first kappa shape index (κ1) is 7.72. The Morgan fingerprint density at radius 2 is 1.90 bits per heavy atom. The molecule has 1 aromatic carbocycles. The highest BCUT2D eigenvalue weighted by molar-refractivity contribution is 8.22. The molecule has 1 nitrogen and oxygen atoms in total. The van der Waals surface area contributed by atoms with Gasteiger partial charge in [0.1, 0.15) is 0 Å². The molecule has 2 N–H and O–H groups in total. The summed E-state index contributed by atoms with van der Waals surface area (Å²) in [5, 5.41) is 5.28. The van der Waals surface area contributed by atoms with Gasteiger partial charge in [-0.3, -0.25) is 5.14 Å². The van der Waals surface area contributed by atoms with E-state index in [4.69, 9.17) is 17.4 Å². The summed E-state index contributed by atoms with van der Waals surface area (Å²) in [6.45, 7) is 0. The van der Waals surface area contributed by atoms with Gasteiger partial charge in [0.2, 0.25) is 0 Å². The normalized spacial score (nSPS) is 9.30. The maximum absolute atomic E-state index is 5.28. The van der Waals surface area contributed by atoms with Gasteiger partial charge in [0.15, 0.2) is 0 Å². The lowest BCUT2D eigenvalue weighted by molar-refractivity contribution is 1.69. The molecule has 0 amide bonds. The Morgan fingerprint density at radius 1 is 1.30 bits per heavy atom. The molecular formula is C7H7NS2. The molecule has 0 aliphatic heterocycles. The maximum Gasteiger partial charge on any atom is 0.0928 e. The second-order valence-corrected chi connectivity index (χ2v) is 3.08. The summed E-state index contributed by atoms with van der Waals surface area (Å²) in [4.78, 5) is 0. The Morgan fingerprint density at radius 3 is 2.40 bits per heavy atom. The lowest BCUT2D eigenvalue weighted by Gasteiger charge is -1.96. The molecule has 1 aromatic rings. The van der Waals surface area contributed by atoms with Crippen LogP contribution in [0.25, 0.3) is 0 Å². The van der Waals surface area contributed by atoms with Crippen molar-refractivity contribution in [3.63, 3.8) is 0 Å². The summed E-state index contributed by atoms with van der Waals surface area (Å²) in [5.41, 5.74) is 1.02. The van der Waals surface area contributed by atoms with Crippen molar-refractivity contribution in [1.29, 1.82) is 0 Å². The third-order valence-corrected chi connectivity index (χ3v) is 2.09. The van der Waals surface area contributed by atoms with Gasteiger partial charge in [-0.2, -0.15) is 0 Å². The monoisotopic (exact) mass is 169 g/mol. The third kappa shape index (κ3) is 1.80. The zero-order valence-electron chi connectivity index (χ0n) is 5.28. The third-order valence-electron chi connectivity index (χ3n) is 1.12. The Labute approximate surface area is 69.8 Å². The first-order chi connectivity index (χ1) is 4.84. The van der Waals surface area contributed by atoms with Crippen LogP contribution in [0.15, 0.2) is 30.3 Å². The number of thiocarbonyl (C=S) groups is 1. The van der Waals surface area contributed by atoms with Gasteiger partial charge >= 0.3 is 0 Å². The van der Waals surface area contributed by atoms with E-state index in [1.165, 1.54) is 0 Å². The van der Waals surface area contributed by atoms with E-state index in [-0.39, 0.29) is 0 Å². The van der Waals surface area contributed by atoms with E-state index in [9.17, 15) is 0 Å². The summed E-state index contributed by atoms with van der Waals surface area (Å²) < 4.78 is 0.737. The quantitative estimate of drug-likeness (QED) is 0.514. The highest BCUT2D eigenvalue weighted by atomic mass is 32.2. The highest BCUT2D eigenvalue weighted by Crippen LogP contribution is 2.07. The van der Waals surface area contributed by atoms with Crippen molar-refractivity contribution in [2.75, 3.05) is 0 Å². The molecule has 0 heterocycles. The van der Waals surface area contributed by atoms with Crippen LogP contribution in [-0.4, -0.2) is 4.20 Å². The summed E-state index contributed by atoms with van der Waals surface area (Å²) in [5.74, 6) is 0. The second kappa shape index (κ2) is 3.71. The van der Waals surface area contributed by atoms with Crippen molar-refractivity contribution in [1.82, 2.24) is 0 Å². The minimum Gasteiger partial charge on any atom is -0.273 e. The van der Waals surface area contributed by atoms with Crippen LogP contribution in [0.4, 0.5) is 0 Å². The largest absolute Gasteiger partial charge is 0.273 e. The smallest absolute Gasteiger partial charge is 0.0928 e. The van der Waals surface area contributed by atoms with E-state index in [2.05, 4.69) is 0 Å². The van der Waals surface area contributed by atoms with Gasteiger partial charge < -0.3 is 0 Å². The fraction of sp³-hybridized carbons (Fsp3) is 0. The number of benzene rings is 1. The van der Waals surface area contributed by atoms with E-state index in [1.54, 1.807) is 0 Å². The van der Waals surface area contributed by atoms with Gasteiger partial charge in [0.05, 0.1) is 4.20 Å². The molecule has 1 rings (SSSR count). The fourth-order valence-electron chi connectivity index (χ4n) is 0.642. The van der Waals surface area contributed by atoms with Crippen molar-refractivity contribution in [2.45, 2.75) is 0 Å². The van der Waals surface area contributed by atoms with E-state index in [1.807, 2.05) is 30.3 Å². The van der Waals surface area contributed by atoms with Gasteiger partial charge in [0, 0.05) is 5.56 Å². The number of rotatable bonds is 1. The van der Waals surface area contributed by atoms with Crippen LogP contribution in [0, 0.1) is 0 Å².